The number of phenols is 1. The monoisotopic (exact) mass is 390 g/mol. The summed E-state index contributed by atoms with van der Waals surface area (Å²) >= 11 is 7.00. The minimum Gasteiger partial charge on any atom is -0.508 e. The van der Waals surface area contributed by atoms with Crippen LogP contribution < -0.4 is 10.6 Å². The summed E-state index contributed by atoms with van der Waals surface area (Å²) in [6.45, 7) is 4.11. The molecular formula is C19H22N2O3S2. The van der Waals surface area contributed by atoms with Gasteiger partial charge in [-0.15, -0.1) is 11.3 Å². The van der Waals surface area contributed by atoms with Crippen LogP contribution in [-0.4, -0.2) is 23.3 Å². The maximum Gasteiger partial charge on any atom is 0.341 e. The molecule has 138 valence electrons. The molecule has 2 aromatic rings. The predicted octanol–water partition coefficient (Wildman–Crippen LogP) is 4.48. The maximum absolute atomic E-state index is 12.3. The molecule has 0 saturated heterocycles. The largest absolute Gasteiger partial charge is 0.508 e. The molecular weight excluding hydrogens is 368 g/mol. The van der Waals surface area contributed by atoms with Crippen molar-refractivity contribution in [1.82, 2.24) is 0 Å². The molecule has 1 aliphatic rings. The third-order valence-corrected chi connectivity index (χ3v) is 5.96. The van der Waals surface area contributed by atoms with Crippen molar-refractivity contribution in [3.8, 4) is 5.75 Å². The third-order valence-electron chi connectivity index (χ3n) is 4.59. The van der Waals surface area contributed by atoms with Gasteiger partial charge in [-0.1, -0.05) is 6.92 Å². The van der Waals surface area contributed by atoms with Crippen molar-refractivity contribution in [1.29, 1.82) is 0 Å². The first-order valence-electron chi connectivity index (χ1n) is 8.49. The fraction of sp³-hybridized carbons (Fsp3) is 0.368. The first-order valence-corrected chi connectivity index (χ1v) is 9.72. The summed E-state index contributed by atoms with van der Waals surface area (Å²) < 4.78 is 5.00. The van der Waals surface area contributed by atoms with Gasteiger partial charge in [0.15, 0.2) is 5.11 Å². The number of methoxy groups -OCH3 is 1. The second kappa shape index (κ2) is 7.63. The third kappa shape index (κ3) is 3.83. The van der Waals surface area contributed by atoms with Gasteiger partial charge in [0.25, 0.3) is 0 Å². The highest BCUT2D eigenvalue weighted by atomic mass is 32.1. The van der Waals surface area contributed by atoms with E-state index in [1.165, 1.54) is 12.0 Å². The van der Waals surface area contributed by atoms with Crippen LogP contribution in [0.1, 0.15) is 39.7 Å². The number of aryl methyl sites for hydroxylation is 1. The zero-order chi connectivity index (χ0) is 18.8. The van der Waals surface area contributed by atoms with Crippen molar-refractivity contribution in [3.63, 3.8) is 0 Å². The van der Waals surface area contributed by atoms with Gasteiger partial charge in [-0.3, -0.25) is 0 Å². The molecule has 1 heterocycles. The number of hydrogen-bond donors (Lipinski definition) is 3. The Labute approximate surface area is 162 Å². The zero-order valence-corrected chi connectivity index (χ0v) is 16.6. The molecule has 7 heteroatoms. The Morgan fingerprint density at radius 2 is 2.15 bits per heavy atom. The molecule has 0 bridgehead atoms. The Hall–Kier alpha value is -2.12. The number of thiophene rings is 1. The van der Waals surface area contributed by atoms with Gasteiger partial charge in [-0.2, -0.15) is 0 Å². The number of benzene rings is 1. The SMILES string of the molecule is COC(=O)c1c(NC(=S)Nc2ccc(O)cc2C)sc2c1CC[C@H](C)C2. The molecule has 1 aromatic carbocycles. The van der Waals surface area contributed by atoms with Gasteiger partial charge in [0.1, 0.15) is 10.8 Å². The fourth-order valence-corrected chi connectivity index (χ4v) is 4.88. The molecule has 0 unspecified atom stereocenters. The van der Waals surface area contributed by atoms with E-state index in [9.17, 15) is 9.90 Å². The maximum atomic E-state index is 12.3. The van der Waals surface area contributed by atoms with E-state index < -0.39 is 0 Å². The number of carbonyl (C=O) groups excluding carboxylic acids is 1. The lowest BCUT2D eigenvalue weighted by atomic mass is 9.88. The average Bonchev–Trinajstić information content (AvgIpc) is 2.93. The molecule has 0 radical (unpaired) electrons. The van der Waals surface area contributed by atoms with E-state index in [1.807, 2.05) is 6.92 Å². The highest BCUT2D eigenvalue weighted by molar-refractivity contribution is 7.80. The summed E-state index contributed by atoms with van der Waals surface area (Å²) in [4.78, 5) is 13.6. The van der Waals surface area contributed by atoms with E-state index in [1.54, 1.807) is 29.5 Å². The van der Waals surface area contributed by atoms with Crippen LogP contribution in [0.4, 0.5) is 10.7 Å². The lowest BCUT2D eigenvalue weighted by Gasteiger charge is -2.18. The Kier molecular flexibility index (Phi) is 5.48. The molecule has 0 saturated carbocycles. The Morgan fingerprint density at radius 1 is 1.38 bits per heavy atom. The highest BCUT2D eigenvalue weighted by Crippen LogP contribution is 2.40. The summed E-state index contributed by atoms with van der Waals surface area (Å²) in [6.07, 6.45) is 2.93. The van der Waals surface area contributed by atoms with Gasteiger partial charge < -0.3 is 20.5 Å². The number of thiocarbonyl (C=S) groups is 1. The molecule has 1 aromatic heterocycles. The Bertz CT molecular complexity index is 861. The number of nitrogens with one attached hydrogen (secondary N) is 2. The lowest BCUT2D eigenvalue weighted by Crippen LogP contribution is -2.21. The molecule has 0 spiro atoms. The van der Waals surface area contributed by atoms with Crippen LogP contribution in [0, 0.1) is 12.8 Å². The second-order valence-corrected chi connectivity index (χ2v) is 8.14. The topological polar surface area (TPSA) is 70.6 Å². The van der Waals surface area contributed by atoms with Crippen molar-refractivity contribution in [2.24, 2.45) is 5.92 Å². The number of ether oxygens (including phenoxy) is 1. The van der Waals surface area contributed by atoms with E-state index in [4.69, 9.17) is 17.0 Å². The molecule has 3 N–H and O–H groups in total. The molecule has 0 fully saturated rings. The summed E-state index contributed by atoms with van der Waals surface area (Å²) in [5.74, 6) is 0.493. The van der Waals surface area contributed by atoms with Gasteiger partial charge in [-0.05, 0) is 73.6 Å². The average molecular weight is 391 g/mol. The molecule has 1 atom stereocenters. The van der Waals surface area contributed by atoms with Crippen molar-refractivity contribution in [2.75, 3.05) is 17.7 Å². The summed E-state index contributed by atoms with van der Waals surface area (Å²) in [5.41, 5.74) is 3.37. The molecule has 1 aliphatic carbocycles. The number of anilines is 2. The van der Waals surface area contributed by atoms with Crippen LogP contribution in [-0.2, 0) is 17.6 Å². The van der Waals surface area contributed by atoms with E-state index in [2.05, 4.69) is 17.6 Å². The summed E-state index contributed by atoms with van der Waals surface area (Å²) in [5, 5.41) is 16.9. The van der Waals surface area contributed by atoms with E-state index in [0.29, 0.717) is 16.6 Å². The Morgan fingerprint density at radius 3 is 2.85 bits per heavy atom. The van der Waals surface area contributed by atoms with Crippen molar-refractivity contribution >= 4 is 45.3 Å². The predicted molar refractivity (Wildman–Crippen MR) is 110 cm³/mol. The zero-order valence-electron chi connectivity index (χ0n) is 15.0. The van der Waals surface area contributed by atoms with Crippen molar-refractivity contribution < 1.29 is 14.6 Å². The van der Waals surface area contributed by atoms with E-state index in [0.717, 1.165) is 41.1 Å². The van der Waals surface area contributed by atoms with Crippen LogP contribution in [0.15, 0.2) is 18.2 Å². The smallest absolute Gasteiger partial charge is 0.341 e. The number of fused-ring (bicyclic) bond motifs is 1. The van der Waals surface area contributed by atoms with Crippen molar-refractivity contribution in [2.45, 2.75) is 33.1 Å². The molecule has 26 heavy (non-hydrogen) atoms. The van der Waals surface area contributed by atoms with Gasteiger partial charge >= 0.3 is 5.97 Å². The molecule has 3 rings (SSSR count). The second-order valence-electron chi connectivity index (χ2n) is 6.63. The van der Waals surface area contributed by atoms with Crippen LogP contribution >= 0.6 is 23.6 Å². The number of rotatable bonds is 3. The van der Waals surface area contributed by atoms with Crippen LogP contribution in [0.5, 0.6) is 5.75 Å². The number of carbonyl (C=O) groups is 1. The molecule has 5 nitrogen and oxygen atoms in total. The van der Waals surface area contributed by atoms with E-state index >= 15 is 0 Å². The number of aromatic hydroxyl groups is 1. The van der Waals surface area contributed by atoms with Crippen LogP contribution in [0.3, 0.4) is 0 Å². The van der Waals surface area contributed by atoms with Gasteiger partial charge in [0.05, 0.1) is 12.7 Å². The van der Waals surface area contributed by atoms with Gasteiger partial charge in [-0.25, -0.2) is 4.79 Å². The number of esters is 1. The van der Waals surface area contributed by atoms with Gasteiger partial charge in [0, 0.05) is 10.6 Å². The minimum absolute atomic E-state index is 0.208. The minimum atomic E-state index is -0.330. The first kappa shape index (κ1) is 18.7. The lowest BCUT2D eigenvalue weighted by molar-refractivity contribution is 0.0601. The summed E-state index contributed by atoms with van der Waals surface area (Å²) in [7, 11) is 1.40. The number of phenolic OH excluding ortho intramolecular Hbond substituents is 1. The van der Waals surface area contributed by atoms with Crippen molar-refractivity contribution in [3.05, 3.63) is 39.8 Å². The number of hydrogen-bond acceptors (Lipinski definition) is 5. The fourth-order valence-electron chi connectivity index (χ4n) is 3.20. The van der Waals surface area contributed by atoms with Gasteiger partial charge in [0.2, 0.25) is 0 Å². The Balaban J connectivity index is 1.84. The molecule has 0 aliphatic heterocycles. The van der Waals surface area contributed by atoms with Crippen LogP contribution in [0.2, 0.25) is 0 Å². The quantitative estimate of drug-likeness (QED) is 0.408. The summed E-state index contributed by atoms with van der Waals surface area (Å²) in [6, 6.07) is 5.03. The normalized spacial score (nSPS) is 15.9. The molecule has 0 amide bonds. The standard InChI is InChI=1S/C19H22N2O3S2/c1-10-4-6-13-15(8-10)26-17(16(13)18(23)24-3)21-19(25)20-14-7-5-12(22)9-11(14)2/h5,7,9-10,22H,4,6,8H2,1-3H3,(H2,20,21,25)/t10-/m0/s1. The van der Waals surface area contributed by atoms with Crippen LogP contribution in [0.25, 0.3) is 0 Å². The highest BCUT2D eigenvalue weighted by Gasteiger charge is 2.28. The first-order chi connectivity index (χ1) is 12.4. The van der Waals surface area contributed by atoms with E-state index in [-0.39, 0.29) is 11.7 Å².